The van der Waals surface area contributed by atoms with Crippen molar-refractivity contribution >= 4 is 41.6 Å². The van der Waals surface area contributed by atoms with Gasteiger partial charge in [0.2, 0.25) is 0 Å². The Labute approximate surface area is 325 Å². The van der Waals surface area contributed by atoms with Crippen LogP contribution in [0.2, 0.25) is 0 Å². The van der Waals surface area contributed by atoms with E-state index in [9.17, 15) is 30.3 Å². The van der Waals surface area contributed by atoms with Gasteiger partial charge in [-0.3, -0.25) is 0 Å². The van der Waals surface area contributed by atoms with Crippen LogP contribution in [0.3, 0.4) is 0 Å². The SMILES string of the molecule is O=[N+]([O-])c1ccc(ON2P=NP(Oc3ccccc3)(Oc3ccccc3)(Oc3ccccc3)N(Oc3ccc([N+](=O)[O-])cc3)P2Oc2ccc([N+](=O)[O-])cc2)cc1. The molecule has 1 atom stereocenters. The van der Waals surface area contributed by atoms with Crippen LogP contribution in [0.1, 0.15) is 0 Å². The summed E-state index contributed by atoms with van der Waals surface area (Å²) in [5.41, 5.74) is -0.628. The minimum atomic E-state index is -5.60. The molecule has 57 heavy (non-hydrogen) atoms. The van der Waals surface area contributed by atoms with E-state index in [2.05, 4.69) is 0 Å². The van der Waals surface area contributed by atoms with Crippen molar-refractivity contribution in [2.24, 2.45) is 4.52 Å². The molecule has 0 N–H and O–H groups in total. The number of hydrogen-bond donors (Lipinski definition) is 0. The molecule has 0 fully saturated rings. The quantitative estimate of drug-likeness (QED) is 0.0537. The minimum absolute atomic E-state index is 0.0171. The molecule has 1 aliphatic rings. The normalized spacial score (nSPS) is 16.8. The van der Waals surface area contributed by atoms with Gasteiger partial charge in [0.1, 0.15) is 0 Å². The van der Waals surface area contributed by atoms with Crippen LogP contribution >= 0.6 is 24.6 Å². The Morgan fingerprint density at radius 1 is 0.474 bits per heavy atom. The van der Waals surface area contributed by atoms with Crippen LogP contribution in [0.15, 0.2) is 168 Å². The van der Waals surface area contributed by atoms with Gasteiger partial charge in [-0.1, -0.05) is 0 Å². The Kier molecular flexibility index (Phi) is 11.1. The Bertz CT molecular complexity index is 2280. The van der Waals surface area contributed by atoms with E-state index in [1.165, 1.54) is 77.4 Å². The molecule has 0 amide bonds. The van der Waals surface area contributed by atoms with Crippen molar-refractivity contribution in [1.82, 2.24) is 9.21 Å². The van der Waals surface area contributed by atoms with E-state index in [-0.39, 0.29) is 60.1 Å². The monoisotopic (exact) mass is 828 g/mol. The third-order valence-corrected chi connectivity index (χ3v) is 14.7. The topological polar surface area (TPSA) is 204 Å². The van der Waals surface area contributed by atoms with E-state index in [0.717, 1.165) is 4.60 Å². The predicted octanol–water partition coefficient (Wildman–Crippen LogP) is 11.0. The van der Waals surface area contributed by atoms with Crippen molar-refractivity contribution in [3.63, 3.8) is 0 Å². The second-order valence-corrected chi connectivity index (χ2v) is 17.3. The number of non-ortho nitro benzene ring substituents is 3. The summed E-state index contributed by atoms with van der Waals surface area (Å²) < 4.78 is 34.8. The maximum atomic E-state index is 11.6. The summed E-state index contributed by atoms with van der Waals surface area (Å²) in [5, 5.41) is 34.6. The van der Waals surface area contributed by atoms with Crippen LogP contribution in [-0.2, 0) is 0 Å². The van der Waals surface area contributed by atoms with Crippen molar-refractivity contribution in [3.8, 4) is 34.5 Å². The van der Waals surface area contributed by atoms with Gasteiger partial charge >= 0.3 is 327 Å². The molecule has 1 heterocycles. The summed E-state index contributed by atoms with van der Waals surface area (Å²) in [6.07, 6.45) is 0. The molecule has 0 saturated heterocycles. The number of nitro groups is 3. The van der Waals surface area contributed by atoms with E-state index in [0.29, 0.717) is 0 Å². The van der Waals surface area contributed by atoms with Gasteiger partial charge < -0.3 is 0 Å². The Balaban J connectivity index is 1.49. The van der Waals surface area contributed by atoms with Gasteiger partial charge in [0.05, 0.1) is 0 Å². The molecule has 0 spiro atoms. The van der Waals surface area contributed by atoms with Crippen LogP contribution < -0.4 is 27.8 Å². The van der Waals surface area contributed by atoms with Gasteiger partial charge in [-0.25, -0.2) is 0 Å². The first-order chi connectivity index (χ1) is 27.6. The fourth-order valence-corrected chi connectivity index (χ4v) is 12.6. The first kappa shape index (κ1) is 38.5. The first-order valence-electron chi connectivity index (χ1n) is 16.5. The fourth-order valence-electron chi connectivity index (χ4n) is 4.96. The molecule has 0 aliphatic carbocycles. The summed E-state index contributed by atoms with van der Waals surface area (Å²) >= 11 is 0. The number of nitro benzene ring substituents is 3. The molecular weight excluding hydrogens is 801 g/mol. The molecule has 7 rings (SSSR count). The molecule has 1 aliphatic heterocycles. The number of benzene rings is 6. The maximum absolute atomic E-state index is 11.6. The average molecular weight is 829 g/mol. The third-order valence-electron chi connectivity index (χ3n) is 7.56. The number of nitrogens with zero attached hydrogens (tertiary/aromatic N) is 6. The van der Waals surface area contributed by atoms with Crippen molar-refractivity contribution in [2.45, 2.75) is 0 Å². The fraction of sp³-hybridized carbons (Fsp3) is 0. The van der Waals surface area contributed by atoms with Crippen LogP contribution in [0, 0.1) is 30.3 Å². The molecule has 1 unspecified atom stereocenters. The van der Waals surface area contributed by atoms with Gasteiger partial charge in [-0.05, 0) is 0 Å². The van der Waals surface area contributed by atoms with E-state index < -0.39 is 30.8 Å². The van der Waals surface area contributed by atoms with Gasteiger partial charge in [-0.15, -0.1) is 0 Å². The van der Waals surface area contributed by atoms with Gasteiger partial charge in [0.15, 0.2) is 0 Å². The standard InChI is InChI=1S/C36H27N6O12P3/c43-38(44)28-16-22-31(23-17-28)49-41-55-37-57(52-34-10-4-1-5-11-34,53-35-12-6-2-7-13-35,54-36-14-8-3-9-15-36)42(50-32-24-18-29(19-25-32)39(45)46)56(41)51-33-26-20-30(21-27-33)40(47)48/h1-27H. The van der Waals surface area contributed by atoms with Gasteiger partial charge in [0, 0.05) is 0 Å². The van der Waals surface area contributed by atoms with E-state index in [4.69, 9.17) is 32.3 Å². The van der Waals surface area contributed by atoms with E-state index in [1.807, 2.05) is 0 Å². The van der Waals surface area contributed by atoms with Gasteiger partial charge in [0.25, 0.3) is 0 Å². The van der Waals surface area contributed by atoms with E-state index in [1.54, 1.807) is 91.0 Å². The Morgan fingerprint density at radius 2 is 0.825 bits per heavy atom. The molecule has 21 heteroatoms. The second-order valence-electron chi connectivity index (χ2n) is 11.5. The molecule has 0 radical (unpaired) electrons. The zero-order valence-corrected chi connectivity index (χ0v) is 31.7. The second kappa shape index (κ2) is 16.5. The third kappa shape index (κ3) is 8.71. The van der Waals surface area contributed by atoms with Gasteiger partial charge in [-0.2, -0.15) is 0 Å². The molecular formula is C36H27N6O12P3. The first-order valence-corrected chi connectivity index (χ1v) is 20.3. The molecule has 0 aromatic heterocycles. The van der Waals surface area contributed by atoms with E-state index >= 15 is 0 Å². The van der Waals surface area contributed by atoms with Crippen molar-refractivity contribution < 1.29 is 42.5 Å². The van der Waals surface area contributed by atoms with Crippen LogP contribution in [0.4, 0.5) is 17.1 Å². The number of hydrogen-bond acceptors (Lipinski definition) is 15. The molecule has 6 aromatic carbocycles. The molecule has 6 aromatic rings. The zero-order valence-electron chi connectivity index (χ0n) is 29.0. The summed E-state index contributed by atoms with van der Waals surface area (Å²) in [6.45, 7) is 0. The zero-order chi connectivity index (χ0) is 39.9. The molecule has 0 saturated carbocycles. The van der Waals surface area contributed by atoms with Crippen molar-refractivity contribution in [2.75, 3.05) is 0 Å². The van der Waals surface area contributed by atoms with Crippen molar-refractivity contribution in [3.05, 3.63) is 194 Å². The summed E-state index contributed by atoms with van der Waals surface area (Å²) in [6, 6.07) is 41.0. The Morgan fingerprint density at radius 3 is 1.19 bits per heavy atom. The molecule has 18 nitrogen and oxygen atoms in total. The number of rotatable bonds is 15. The summed E-state index contributed by atoms with van der Waals surface area (Å²) in [7, 11) is -8.31. The molecule has 0 bridgehead atoms. The summed E-state index contributed by atoms with van der Waals surface area (Å²) in [4.78, 5) is 45.9. The number of para-hydroxylation sites is 3. The van der Waals surface area contributed by atoms with Crippen LogP contribution in [0.5, 0.6) is 34.5 Å². The average Bonchev–Trinajstić information content (AvgIpc) is 3.22. The molecule has 288 valence electrons. The van der Waals surface area contributed by atoms with Crippen LogP contribution in [-0.4, -0.2) is 24.0 Å². The summed E-state index contributed by atoms with van der Waals surface area (Å²) in [5.74, 6) is 0.880. The Hall–Kier alpha value is -6.80. The predicted molar refractivity (Wildman–Crippen MR) is 209 cm³/mol. The van der Waals surface area contributed by atoms with Crippen LogP contribution in [0.25, 0.3) is 0 Å². The van der Waals surface area contributed by atoms with Crippen molar-refractivity contribution in [1.29, 1.82) is 0 Å².